The lowest BCUT2D eigenvalue weighted by Crippen LogP contribution is -2.42. The summed E-state index contributed by atoms with van der Waals surface area (Å²) in [5.74, 6) is 0.272. The van der Waals surface area contributed by atoms with Gasteiger partial charge in [0, 0.05) is 30.7 Å². The predicted molar refractivity (Wildman–Crippen MR) is 91.4 cm³/mol. The van der Waals surface area contributed by atoms with Gasteiger partial charge < -0.3 is 10.2 Å². The lowest BCUT2D eigenvalue weighted by atomic mass is 9.88. The molecule has 1 aliphatic heterocycles. The molecule has 138 valence electrons. The van der Waals surface area contributed by atoms with E-state index >= 15 is 0 Å². The van der Waals surface area contributed by atoms with Crippen molar-refractivity contribution in [1.82, 2.24) is 5.32 Å². The number of alkyl halides is 3. The average Bonchev–Trinajstić information content (AvgIpc) is 3.08. The van der Waals surface area contributed by atoms with E-state index in [2.05, 4.69) is 10.2 Å². The van der Waals surface area contributed by atoms with Crippen molar-refractivity contribution in [2.45, 2.75) is 57.2 Å². The highest BCUT2D eigenvalue weighted by Crippen LogP contribution is 2.32. The third-order valence-corrected chi connectivity index (χ3v) is 5.39. The Morgan fingerprint density at radius 3 is 2.36 bits per heavy atom. The zero-order chi connectivity index (χ0) is 17.9. The Morgan fingerprint density at radius 2 is 1.72 bits per heavy atom. The average molecular weight is 354 g/mol. The lowest BCUT2D eigenvalue weighted by molar-refractivity contribution is -0.137. The standard InChI is InChI=1S/C19H25F3N2O/c20-19(21,22)15-8-10-16(11-9-15)24-12-4-7-17(24)13-23-18(25)14-5-2-1-3-6-14/h8-11,14,17H,1-7,12-13H2,(H,23,25)/t17-/m1/s1. The number of hydrogen-bond donors (Lipinski definition) is 1. The van der Waals surface area contributed by atoms with Crippen LogP contribution in [0.4, 0.5) is 18.9 Å². The van der Waals surface area contributed by atoms with E-state index in [9.17, 15) is 18.0 Å². The van der Waals surface area contributed by atoms with Crippen LogP contribution >= 0.6 is 0 Å². The van der Waals surface area contributed by atoms with Crippen molar-refractivity contribution in [1.29, 1.82) is 0 Å². The van der Waals surface area contributed by atoms with Gasteiger partial charge in [0.15, 0.2) is 0 Å². The molecule has 1 aromatic carbocycles. The Hall–Kier alpha value is -1.72. The molecule has 1 N–H and O–H groups in total. The van der Waals surface area contributed by atoms with Gasteiger partial charge in [0.1, 0.15) is 0 Å². The number of nitrogens with one attached hydrogen (secondary N) is 1. The van der Waals surface area contributed by atoms with E-state index in [1.807, 2.05) is 0 Å². The van der Waals surface area contributed by atoms with Crippen molar-refractivity contribution in [2.24, 2.45) is 5.92 Å². The van der Waals surface area contributed by atoms with Gasteiger partial charge in [-0.25, -0.2) is 0 Å². The fraction of sp³-hybridized carbons (Fsp3) is 0.632. The third kappa shape index (κ3) is 4.47. The summed E-state index contributed by atoms with van der Waals surface area (Å²) in [5, 5.41) is 3.07. The Kier molecular flexibility index (Phi) is 5.54. The van der Waals surface area contributed by atoms with Gasteiger partial charge >= 0.3 is 6.18 Å². The van der Waals surface area contributed by atoms with E-state index in [1.165, 1.54) is 18.6 Å². The summed E-state index contributed by atoms with van der Waals surface area (Å²) in [6.45, 7) is 1.38. The summed E-state index contributed by atoms with van der Waals surface area (Å²) in [7, 11) is 0. The molecule has 25 heavy (non-hydrogen) atoms. The Morgan fingerprint density at radius 1 is 1.04 bits per heavy atom. The van der Waals surface area contributed by atoms with Gasteiger partial charge in [-0.2, -0.15) is 13.2 Å². The highest BCUT2D eigenvalue weighted by atomic mass is 19.4. The number of benzene rings is 1. The first kappa shape index (κ1) is 18.1. The van der Waals surface area contributed by atoms with Crippen LogP contribution < -0.4 is 10.2 Å². The van der Waals surface area contributed by atoms with Crippen LogP contribution in [0.2, 0.25) is 0 Å². The molecule has 0 bridgehead atoms. The van der Waals surface area contributed by atoms with Gasteiger partial charge in [-0.05, 0) is 49.9 Å². The molecule has 0 unspecified atom stereocenters. The van der Waals surface area contributed by atoms with E-state index < -0.39 is 11.7 Å². The summed E-state index contributed by atoms with van der Waals surface area (Å²) < 4.78 is 38.1. The van der Waals surface area contributed by atoms with Gasteiger partial charge in [0.05, 0.1) is 5.56 Å². The highest BCUT2D eigenvalue weighted by molar-refractivity contribution is 5.78. The normalized spacial score (nSPS) is 22.2. The number of halogens is 3. The van der Waals surface area contributed by atoms with Crippen LogP contribution in [0, 0.1) is 5.92 Å². The van der Waals surface area contributed by atoms with E-state index in [1.54, 1.807) is 0 Å². The molecular weight excluding hydrogens is 329 g/mol. The lowest BCUT2D eigenvalue weighted by Gasteiger charge is -2.28. The molecule has 2 aliphatic rings. The molecule has 1 heterocycles. The minimum absolute atomic E-state index is 0.134. The topological polar surface area (TPSA) is 32.3 Å². The van der Waals surface area contributed by atoms with E-state index in [0.29, 0.717) is 6.54 Å². The summed E-state index contributed by atoms with van der Waals surface area (Å²) >= 11 is 0. The van der Waals surface area contributed by atoms with Gasteiger partial charge in [-0.3, -0.25) is 4.79 Å². The minimum Gasteiger partial charge on any atom is -0.367 e. The van der Waals surface area contributed by atoms with E-state index in [0.717, 1.165) is 62.9 Å². The quantitative estimate of drug-likeness (QED) is 0.871. The first-order valence-corrected chi connectivity index (χ1v) is 9.17. The summed E-state index contributed by atoms with van der Waals surface area (Å²) in [4.78, 5) is 14.4. The molecule has 1 saturated carbocycles. The largest absolute Gasteiger partial charge is 0.416 e. The van der Waals surface area contributed by atoms with E-state index in [-0.39, 0.29) is 17.9 Å². The van der Waals surface area contributed by atoms with Crippen LogP contribution in [0.3, 0.4) is 0 Å². The van der Waals surface area contributed by atoms with Crippen LogP contribution in [0.5, 0.6) is 0 Å². The van der Waals surface area contributed by atoms with Crippen LogP contribution in [0.1, 0.15) is 50.5 Å². The van der Waals surface area contributed by atoms with Gasteiger partial charge in [-0.15, -0.1) is 0 Å². The monoisotopic (exact) mass is 354 g/mol. The number of amides is 1. The molecule has 1 aromatic rings. The molecule has 1 amide bonds. The first-order chi connectivity index (χ1) is 11.9. The van der Waals surface area contributed by atoms with Crippen LogP contribution in [-0.4, -0.2) is 25.0 Å². The second-order valence-corrected chi connectivity index (χ2v) is 7.11. The summed E-state index contributed by atoms with van der Waals surface area (Å²) in [6, 6.07) is 5.48. The maximum Gasteiger partial charge on any atom is 0.416 e. The van der Waals surface area contributed by atoms with Crippen LogP contribution in [-0.2, 0) is 11.0 Å². The number of carbonyl (C=O) groups is 1. The zero-order valence-electron chi connectivity index (χ0n) is 14.3. The second-order valence-electron chi connectivity index (χ2n) is 7.11. The number of carbonyl (C=O) groups excluding carboxylic acids is 1. The molecule has 6 heteroatoms. The first-order valence-electron chi connectivity index (χ1n) is 9.17. The minimum atomic E-state index is -4.31. The van der Waals surface area contributed by atoms with Gasteiger partial charge in [0.2, 0.25) is 5.91 Å². The number of anilines is 1. The van der Waals surface area contributed by atoms with Gasteiger partial charge in [0.25, 0.3) is 0 Å². The fourth-order valence-corrected chi connectivity index (χ4v) is 3.96. The molecule has 2 fully saturated rings. The maximum atomic E-state index is 12.7. The van der Waals surface area contributed by atoms with Crippen molar-refractivity contribution >= 4 is 11.6 Å². The molecule has 1 saturated heterocycles. The summed E-state index contributed by atoms with van der Waals surface area (Å²) in [5.41, 5.74) is 0.167. The van der Waals surface area contributed by atoms with Crippen LogP contribution in [0.15, 0.2) is 24.3 Å². The molecular formula is C19H25F3N2O. The van der Waals surface area contributed by atoms with Crippen LogP contribution in [0.25, 0.3) is 0 Å². The summed E-state index contributed by atoms with van der Waals surface area (Å²) in [6.07, 6.45) is 3.04. The molecule has 3 rings (SSSR count). The smallest absolute Gasteiger partial charge is 0.367 e. The molecule has 0 radical (unpaired) electrons. The second kappa shape index (κ2) is 7.67. The zero-order valence-corrected chi connectivity index (χ0v) is 14.3. The molecule has 0 aromatic heterocycles. The third-order valence-electron chi connectivity index (χ3n) is 5.39. The predicted octanol–water partition coefficient (Wildman–Crippen LogP) is 4.37. The van der Waals surface area contributed by atoms with Crippen molar-refractivity contribution in [3.8, 4) is 0 Å². The highest BCUT2D eigenvalue weighted by Gasteiger charge is 2.31. The fourth-order valence-electron chi connectivity index (χ4n) is 3.96. The van der Waals surface area contributed by atoms with Gasteiger partial charge in [-0.1, -0.05) is 19.3 Å². The molecule has 3 nitrogen and oxygen atoms in total. The maximum absolute atomic E-state index is 12.7. The molecule has 1 aliphatic carbocycles. The molecule has 0 spiro atoms. The van der Waals surface area contributed by atoms with E-state index in [4.69, 9.17) is 0 Å². The number of nitrogens with zero attached hydrogens (tertiary/aromatic N) is 1. The van der Waals surface area contributed by atoms with Crippen molar-refractivity contribution < 1.29 is 18.0 Å². The number of rotatable bonds is 4. The Labute approximate surface area is 146 Å². The van der Waals surface area contributed by atoms with Crippen molar-refractivity contribution in [2.75, 3.05) is 18.0 Å². The number of hydrogen-bond acceptors (Lipinski definition) is 2. The Bertz CT molecular complexity index is 579. The van der Waals surface area contributed by atoms with Crippen molar-refractivity contribution in [3.05, 3.63) is 29.8 Å². The molecule has 1 atom stereocenters. The Balaban J connectivity index is 1.57. The SMILES string of the molecule is O=C(NC[C@H]1CCCN1c1ccc(C(F)(F)F)cc1)C1CCCCC1. The van der Waals surface area contributed by atoms with Crippen molar-refractivity contribution in [3.63, 3.8) is 0 Å².